The van der Waals surface area contributed by atoms with Gasteiger partial charge in [-0.1, -0.05) is 23.4 Å². The van der Waals surface area contributed by atoms with Crippen molar-refractivity contribution < 1.29 is 4.52 Å². The third-order valence-corrected chi connectivity index (χ3v) is 3.33. The second-order valence-electron chi connectivity index (χ2n) is 4.44. The Morgan fingerprint density at radius 1 is 1.35 bits per heavy atom. The Labute approximate surface area is 100 Å². The summed E-state index contributed by atoms with van der Waals surface area (Å²) in [6.07, 6.45) is 4.01. The fourth-order valence-electron chi connectivity index (χ4n) is 2.53. The van der Waals surface area contributed by atoms with Crippen molar-refractivity contribution >= 4 is 11.6 Å². The van der Waals surface area contributed by atoms with Crippen LogP contribution in [0, 0.1) is 0 Å². The lowest BCUT2D eigenvalue weighted by Crippen LogP contribution is -2.25. The Kier molecular flexibility index (Phi) is 2.28. The first kappa shape index (κ1) is 10.2. The Morgan fingerprint density at radius 2 is 2.24 bits per heavy atom. The summed E-state index contributed by atoms with van der Waals surface area (Å²) < 4.78 is 4.95. The molecule has 0 spiro atoms. The van der Waals surface area contributed by atoms with Gasteiger partial charge in [0.2, 0.25) is 5.88 Å². The van der Waals surface area contributed by atoms with E-state index in [2.05, 4.69) is 35.3 Å². The number of aryl methyl sites for hydroxylation is 1. The summed E-state index contributed by atoms with van der Waals surface area (Å²) in [5, 5.41) is 3.75. The van der Waals surface area contributed by atoms with Crippen molar-refractivity contribution in [1.82, 2.24) is 5.16 Å². The zero-order chi connectivity index (χ0) is 11.8. The number of nitrogen functional groups attached to an aromatic ring is 1. The molecule has 0 unspecified atom stereocenters. The molecule has 0 fully saturated rings. The van der Waals surface area contributed by atoms with Crippen LogP contribution in [-0.2, 0) is 6.42 Å². The molecule has 4 heteroatoms. The van der Waals surface area contributed by atoms with Gasteiger partial charge in [0.25, 0.3) is 0 Å². The Morgan fingerprint density at radius 3 is 3.00 bits per heavy atom. The van der Waals surface area contributed by atoms with Crippen LogP contribution < -0.4 is 10.6 Å². The molecule has 0 aliphatic carbocycles. The maximum Gasteiger partial charge on any atom is 0.230 e. The SMILES string of the molecule is CN1CCCc2cccc(-c3cnoc3N)c21. The first-order chi connectivity index (χ1) is 8.27. The Bertz CT molecular complexity index is 547. The molecule has 0 radical (unpaired) electrons. The molecule has 2 aromatic rings. The van der Waals surface area contributed by atoms with Crippen LogP contribution in [-0.4, -0.2) is 18.7 Å². The molecule has 0 amide bonds. The van der Waals surface area contributed by atoms with E-state index >= 15 is 0 Å². The van der Waals surface area contributed by atoms with Gasteiger partial charge in [-0.2, -0.15) is 0 Å². The summed E-state index contributed by atoms with van der Waals surface area (Å²) in [7, 11) is 2.12. The molecular formula is C13H15N3O. The maximum absolute atomic E-state index is 5.80. The molecule has 1 aromatic carbocycles. The van der Waals surface area contributed by atoms with Gasteiger partial charge < -0.3 is 15.2 Å². The molecule has 17 heavy (non-hydrogen) atoms. The molecule has 2 N–H and O–H groups in total. The first-order valence-corrected chi connectivity index (χ1v) is 5.81. The minimum absolute atomic E-state index is 0.386. The predicted molar refractivity (Wildman–Crippen MR) is 67.9 cm³/mol. The summed E-state index contributed by atoms with van der Waals surface area (Å²) in [6.45, 7) is 1.08. The topological polar surface area (TPSA) is 55.3 Å². The van der Waals surface area contributed by atoms with Gasteiger partial charge in [-0.05, 0) is 18.4 Å². The number of nitrogens with zero attached hydrogens (tertiary/aromatic N) is 2. The van der Waals surface area contributed by atoms with Crippen molar-refractivity contribution in [1.29, 1.82) is 0 Å². The van der Waals surface area contributed by atoms with Gasteiger partial charge in [-0.25, -0.2) is 0 Å². The van der Waals surface area contributed by atoms with Crippen LogP contribution in [0.25, 0.3) is 11.1 Å². The quantitative estimate of drug-likeness (QED) is 0.815. The van der Waals surface area contributed by atoms with E-state index < -0.39 is 0 Å². The summed E-state index contributed by atoms with van der Waals surface area (Å²) in [5.41, 5.74) is 10.4. The average molecular weight is 229 g/mol. The van der Waals surface area contributed by atoms with E-state index in [1.165, 1.54) is 17.7 Å². The second-order valence-corrected chi connectivity index (χ2v) is 4.44. The van der Waals surface area contributed by atoms with Gasteiger partial charge >= 0.3 is 0 Å². The molecule has 0 atom stereocenters. The molecule has 1 aliphatic heterocycles. The molecular weight excluding hydrogens is 214 g/mol. The molecule has 3 rings (SSSR count). The molecule has 4 nitrogen and oxygen atoms in total. The van der Waals surface area contributed by atoms with Crippen LogP contribution in [0.3, 0.4) is 0 Å². The monoisotopic (exact) mass is 229 g/mol. The van der Waals surface area contributed by atoms with Crippen molar-refractivity contribution in [3.63, 3.8) is 0 Å². The van der Waals surface area contributed by atoms with Crippen molar-refractivity contribution in [3.05, 3.63) is 30.0 Å². The normalized spacial score (nSPS) is 14.8. The molecule has 1 aliphatic rings. The third-order valence-electron chi connectivity index (χ3n) is 3.33. The van der Waals surface area contributed by atoms with E-state index in [1.807, 2.05) is 0 Å². The van der Waals surface area contributed by atoms with Crippen LogP contribution in [0.2, 0.25) is 0 Å². The largest absolute Gasteiger partial charge is 0.374 e. The molecule has 88 valence electrons. The minimum Gasteiger partial charge on any atom is -0.374 e. The summed E-state index contributed by atoms with van der Waals surface area (Å²) >= 11 is 0. The van der Waals surface area contributed by atoms with Crippen LogP contribution in [0.4, 0.5) is 11.6 Å². The zero-order valence-corrected chi connectivity index (χ0v) is 9.81. The molecule has 0 saturated carbocycles. The standard InChI is InChI=1S/C13H15N3O/c1-16-7-3-5-9-4-2-6-10(12(9)16)11-8-15-17-13(11)14/h2,4,6,8H,3,5,7,14H2,1H3. The summed E-state index contributed by atoms with van der Waals surface area (Å²) in [4.78, 5) is 2.28. The van der Waals surface area contributed by atoms with Crippen LogP contribution in [0.5, 0.6) is 0 Å². The highest BCUT2D eigenvalue weighted by Crippen LogP contribution is 2.38. The van der Waals surface area contributed by atoms with E-state index in [0.29, 0.717) is 5.88 Å². The third kappa shape index (κ3) is 1.56. The lowest BCUT2D eigenvalue weighted by atomic mass is 9.95. The van der Waals surface area contributed by atoms with Crippen LogP contribution in [0.15, 0.2) is 28.9 Å². The molecule has 1 aromatic heterocycles. The van der Waals surface area contributed by atoms with Crippen molar-refractivity contribution in [2.45, 2.75) is 12.8 Å². The molecule has 2 heterocycles. The molecule has 0 saturated heterocycles. The highest BCUT2D eigenvalue weighted by atomic mass is 16.5. The highest BCUT2D eigenvalue weighted by molar-refractivity contribution is 5.85. The number of aromatic nitrogens is 1. The predicted octanol–water partition coefficient (Wildman–Crippen LogP) is 2.31. The number of rotatable bonds is 1. The number of anilines is 2. The lowest BCUT2D eigenvalue weighted by molar-refractivity contribution is 0.436. The van der Waals surface area contributed by atoms with Crippen molar-refractivity contribution in [3.8, 4) is 11.1 Å². The zero-order valence-electron chi connectivity index (χ0n) is 9.81. The van der Waals surface area contributed by atoms with E-state index in [0.717, 1.165) is 24.1 Å². The van der Waals surface area contributed by atoms with Gasteiger partial charge in [0.1, 0.15) is 0 Å². The van der Waals surface area contributed by atoms with Gasteiger partial charge in [-0.3, -0.25) is 0 Å². The lowest BCUT2D eigenvalue weighted by Gasteiger charge is -2.29. The fraction of sp³-hybridized carbons (Fsp3) is 0.308. The van der Waals surface area contributed by atoms with Gasteiger partial charge in [0, 0.05) is 24.8 Å². The smallest absolute Gasteiger partial charge is 0.230 e. The van der Waals surface area contributed by atoms with E-state index in [-0.39, 0.29) is 0 Å². The maximum atomic E-state index is 5.80. The highest BCUT2D eigenvalue weighted by Gasteiger charge is 2.20. The number of fused-ring (bicyclic) bond motifs is 1. The second kappa shape index (κ2) is 3.80. The average Bonchev–Trinajstić information content (AvgIpc) is 2.75. The summed E-state index contributed by atoms with van der Waals surface area (Å²) in [6, 6.07) is 6.32. The minimum atomic E-state index is 0.386. The molecule has 0 bridgehead atoms. The van der Waals surface area contributed by atoms with Gasteiger partial charge in [-0.15, -0.1) is 0 Å². The van der Waals surface area contributed by atoms with Gasteiger partial charge in [0.15, 0.2) is 0 Å². The number of benzene rings is 1. The van der Waals surface area contributed by atoms with E-state index in [4.69, 9.17) is 10.3 Å². The van der Waals surface area contributed by atoms with E-state index in [9.17, 15) is 0 Å². The number of hydrogen-bond acceptors (Lipinski definition) is 4. The van der Waals surface area contributed by atoms with Crippen LogP contribution in [0.1, 0.15) is 12.0 Å². The number of hydrogen-bond donors (Lipinski definition) is 1. The summed E-state index contributed by atoms with van der Waals surface area (Å²) in [5.74, 6) is 0.386. The van der Waals surface area contributed by atoms with E-state index in [1.54, 1.807) is 6.20 Å². The first-order valence-electron chi connectivity index (χ1n) is 5.81. The van der Waals surface area contributed by atoms with Crippen molar-refractivity contribution in [2.24, 2.45) is 0 Å². The van der Waals surface area contributed by atoms with Gasteiger partial charge in [0.05, 0.1) is 11.8 Å². The Balaban J connectivity index is 2.21. The van der Waals surface area contributed by atoms with Crippen molar-refractivity contribution in [2.75, 3.05) is 24.2 Å². The number of nitrogens with two attached hydrogens (primary N) is 1. The van der Waals surface area contributed by atoms with Crippen LogP contribution >= 0.6 is 0 Å². The Hall–Kier alpha value is -1.97. The fourth-order valence-corrected chi connectivity index (χ4v) is 2.53. The number of para-hydroxylation sites is 1.